The fourth-order valence-corrected chi connectivity index (χ4v) is 2.50. The minimum absolute atomic E-state index is 0.137. The van der Waals surface area contributed by atoms with Crippen molar-refractivity contribution in [1.29, 1.82) is 5.26 Å². The van der Waals surface area contributed by atoms with Gasteiger partial charge < -0.3 is 9.47 Å². The van der Waals surface area contributed by atoms with Gasteiger partial charge in [-0.25, -0.2) is 0 Å². The van der Waals surface area contributed by atoms with Crippen molar-refractivity contribution in [2.24, 2.45) is 5.41 Å². The Labute approximate surface area is 121 Å². The van der Waals surface area contributed by atoms with Crippen LogP contribution in [0.15, 0.2) is 24.3 Å². The molecule has 1 aliphatic heterocycles. The molecule has 0 spiro atoms. The maximum absolute atomic E-state index is 8.80. The van der Waals surface area contributed by atoms with E-state index in [1.807, 2.05) is 12.1 Å². The highest BCUT2D eigenvalue weighted by molar-refractivity contribution is 5.32. The lowest BCUT2D eigenvalue weighted by molar-refractivity contribution is -0.231. The van der Waals surface area contributed by atoms with Crippen LogP contribution in [0.5, 0.6) is 0 Å². The van der Waals surface area contributed by atoms with Crippen molar-refractivity contribution >= 4 is 0 Å². The van der Waals surface area contributed by atoms with Gasteiger partial charge in [0, 0.05) is 11.0 Å². The van der Waals surface area contributed by atoms with Crippen LogP contribution in [0.1, 0.15) is 56.9 Å². The highest BCUT2D eigenvalue weighted by Crippen LogP contribution is 2.35. The van der Waals surface area contributed by atoms with E-state index < -0.39 is 0 Å². The zero-order valence-corrected chi connectivity index (χ0v) is 12.4. The largest absolute Gasteiger partial charge is 0.348 e. The van der Waals surface area contributed by atoms with Crippen molar-refractivity contribution in [3.63, 3.8) is 0 Å². The lowest BCUT2D eigenvalue weighted by Crippen LogP contribution is -2.36. The molecule has 0 aromatic heterocycles. The molecule has 3 heteroatoms. The fraction of sp³-hybridized carbons (Fsp3) is 0.588. The average molecular weight is 273 g/mol. The van der Waals surface area contributed by atoms with E-state index in [1.54, 1.807) is 12.1 Å². The molecule has 2 rings (SSSR count). The summed E-state index contributed by atoms with van der Waals surface area (Å²) in [7, 11) is 0. The summed E-state index contributed by atoms with van der Waals surface area (Å²) in [4.78, 5) is 0. The number of hydrogen-bond acceptors (Lipinski definition) is 3. The molecule has 1 heterocycles. The molecule has 0 bridgehead atoms. The van der Waals surface area contributed by atoms with Crippen LogP contribution in [0.2, 0.25) is 0 Å². The van der Waals surface area contributed by atoms with E-state index in [9.17, 15) is 0 Å². The number of nitrogens with zero attached hydrogens (tertiary/aromatic N) is 1. The third kappa shape index (κ3) is 3.82. The second kappa shape index (κ2) is 6.88. The molecule has 1 aromatic rings. The highest BCUT2D eigenvalue weighted by atomic mass is 16.7. The summed E-state index contributed by atoms with van der Waals surface area (Å²) in [5.41, 5.74) is 1.78. The first-order valence-corrected chi connectivity index (χ1v) is 7.40. The molecular weight excluding hydrogens is 250 g/mol. The van der Waals surface area contributed by atoms with Crippen LogP contribution >= 0.6 is 0 Å². The van der Waals surface area contributed by atoms with E-state index in [2.05, 4.69) is 19.9 Å². The molecule has 0 N–H and O–H groups in total. The minimum Gasteiger partial charge on any atom is -0.348 e. The molecule has 1 saturated heterocycles. The van der Waals surface area contributed by atoms with Crippen LogP contribution < -0.4 is 0 Å². The first-order valence-electron chi connectivity index (χ1n) is 7.40. The van der Waals surface area contributed by atoms with E-state index >= 15 is 0 Å². The zero-order chi connectivity index (χ0) is 14.4. The summed E-state index contributed by atoms with van der Waals surface area (Å²) in [5.74, 6) is 0. The second-order valence-electron chi connectivity index (χ2n) is 5.96. The van der Waals surface area contributed by atoms with Crippen LogP contribution in [-0.4, -0.2) is 13.2 Å². The predicted molar refractivity (Wildman–Crippen MR) is 78.1 cm³/mol. The van der Waals surface area contributed by atoms with E-state index in [0.29, 0.717) is 5.56 Å². The van der Waals surface area contributed by atoms with Gasteiger partial charge in [0.2, 0.25) is 0 Å². The summed E-state index contributed by atoms with van der Waals surface area (Å²) in [6, 6.07) is 9.53. The molecule has 0 radical (unpaired) electrons. The number of nitriles is 1. The van der Waals surface area contributed by atoms with Gasteiger partial charge in [0.05, 0.1) is 24.8 Å². The lowest BCUT2D eigenvalue weighted by atomic mass is 9.85. The monoisotopic (exact) mass is 273 g/mol. The summed E-state index contributed by atoms with van der Waals surface area (Å²) >= 11 is 0. The maximum atomic E-state index is 8.80. The van der Waals surface area contributed by atoms with Crippen molar-refractivity contribution < 1.29 is 9.47 Å². The molecule has 1 aliphatic rings. The van der Waals surface area contributed by atoms with Crippen LogP contribution in [-0.2, 0) is 9.47 Å². The Bertz CT molecular complexity index is 453. The number of hydrogen-bond donors (Lipinski definition) is 0. The first-order chi connectivity index (χ1) is 9.67. The number of rotatable bonds is 5. The van der Waals surface area contributed by atoms with Crippen LogP contribution in [0.25, 0.3) is 0 Å². The SMILES string of the molecule is CCCCC[C@]1(C)CO[C@@H](c2ccc(C#N)cc2)OC1. The first kappa shape index (κ1) is 15.0. The Morgan fingerprint density at radius 1 is 1.20 bits per heavy atom. The Morgan fingerprint density at radius 2 is 1.85 bits per heavy atom. The van der Waals surface area contributed by atoms with E-state index in [4.69, 9.17) is 14.7 Å². The Balaban J connectivity index is 1.88. The van der Waals surface area contributed by atoms with Gasteiger partial charge in [-0.3, -0.25) is 0 Å². The van der Waals surface area contributed by atoms with E-state index in [1.165, 1.54) is 19.3 Å². The van der Waals surface area contributed by atoms with Gasteiger partial charge in [0.25, 0.3) is 0 Å². The lowest BCUT2D eigenvalue weighted by Gasteiger charge is -2.37. The smallest absolute Gasteiger partial charge is 0.183 e. The molecule has 20 heavy (non-hydrogen) atoms. The normalized spacial score (nSPS) is 26.1. The third-order valence-corrected chi connectivity index (χ3v) is 3.86. The topological polar surface area (TPSA) is 42.2 Å². The predicted octanol–water partition coefficient (Wildman–Crippen LogP) is 4.19. The molecule has 0 aliphatic carbocycles. The molecular formula is C17H23NO2. The zero-order valence-electron chi connectivity index (χ0n) is 12.4. The molecule has 0 unspecified atom stereocenters. The van der Waals surface area contributed by atoms with Gasteiger partial charge in [0.15, 0.2) is 6.29 Å². The third-order valence-electron chi connectivity index (χ3n) is 3.86. The quantitative estimate of drug-likeness (QED) is 0.755. The van der Waals surface area contributed by atoms with Gasteiger partial charge in [-0.15, -0.1) is 0 Å². The van der Waals surface area contributed by atoms with Crippen molar-refractivity contribution in [2.75, 3.05) is 13.2 Å². The maximum Gasteiger partial charge on any atom is 0.183 e. The highest BCUT2D eigenvalue weighted by Gasteiger charge is 2.32. The molecule has 0 amide bonds. The fourth-order valence-electron chi connectivity index (χ4n) is 2.50. The average Bonchev–Trinajstić information content (AvgIpc) is 2.48. The van der Waals surface area contributed by atoms with Crippen molar-refractivity contribution in [3.8, 4) is 6.07 Å². The van der Waals surface area contributed by atoms with Crippen LogP contribution in [0.4, 0.5) is 0 Å². The number of unbranched alkanes of at least 4 members (excludes halogenated alkanes) is 2. The second-order valence-corrected chi connectivity index (χ2v) is 5.96. The number of benzene rings is 1. The Morgan fingerprint density at radius 3 is 2.40 bits per heavy atom. The molecule has 1 aromatic carbocycles. The van der Waals surface area contributed by atoms with Gasteiger partial charge >= 0.3 is 0 Å². The molecule has 0 atom stereocenters. The van der Waals surface area contributed by atoms with Crippen molar-refractivity contribution in [1.82, 2.24) is 0 Å². The van der Waals surface area contributed by atoms with Crippen LogP contribution in [0.3, 0.4) is 0 Å². The van der Waals surface area contributed by atoms with Crippen molar-refractivity contribution in [3.05, 3.63) is 35.4 Å². The summed E-state index contributed by atoms with van der Waals surface area (Å²) in [6.07, 6.45) is 4.62. The van der Waals surface area contributed by atoms with E-state index in [-0.39, 0.29) is 11.7 Å². The Kier molecular flexibility index (Phi) is 5.17. The van der Waals surface area contributed by atoms with E-state index in [0.717, 1.165) is 25.2 Å². The van der Waals surface area contributed by atoms with Crippen molar-refractivity contribution in [2.45, 2.75) is 45.8 Å². The standard InChI is InChI=1S/C17H23NO2/c1-3-4-5-10-17(2)12-19-16(20-13-17)15-8-6-14(11-18)7-9-15/h6-9,16H,3-5,10,12-13H2,1-2H3/t16-,17-. The summed E-state index contributed by atoms with van der Waals surface area (Å²) in [6.45, 7) is 5.93. The molecule has 0 saturated carbocycles. The van der Waals surface area contributed by atoms with Crippen LogP contribution in [0, 0.1) is 16.7 Å². The Hall–Kier alpha value is -1.37. The minimum atomic E-state index is -0.290. The summed E-state index contributed by atoms with van der Waals surface area (Å²) in [5, 5.41) is 8.80. The molecule has 1 fully saturated rings. The van der Waals surface area contributed by atoms with Gasteiger partial charge in [0.1, 0.15) is 0 Å². The van der Waals surface area contributed by atoms with Gasteiger partial charge in [-0.05, 0) is 18.6 Å². The van der Waals surface area contributed by atoms with Gasteiger partial charge in [-0.1, -0.05) is 45.2 Å². The van der Waals surface area contributed by atoms with Gasteiger partial charge in [-0.2, -0.15) is 5.26 Å². The molecule has 108 valence electrons. The molecule has 3 nitrogen and oxygen atoms in total. The number of ether oxygens (including phenoxy) is 2. The summed E-state index contributed by atoms with van der Waals surface area (Å²) < 4.78 is 11.8.